The van der Waals surface area contributed by atoms with Crippen LogP contribution in [0.2, 0.25) is 0 Å². The van der Waals surface area contributed by atoms with Gasteiger partial charge in [-0.2, -0.15) is 0 Å². The van der Waals surface area contributed by atoms with Crippen molar-refractivity contribution in [2.45, 2.75) is 0 Å². The van der Waals surface area contributed by atoms with Gasteiger partial charge in [-0.3, -0.25) is 0 Å². The summed E-state index contributed by atoms with van der Waals surface area (Å²) >= 11 is 0. The topological polar surface area (TPSA) is 0 Å². The Morgan fingerprint density at radius 3 is 0.214 bits per heavy atom. The minimum absolute atomic E-state index is 0. The van der Waals surface area contributed by atoms with Crippen LogP contribution in [0.5, 0.6) is 0 Å². The maximum absolute atomic E-state index is 0. The van der Waals surface area contributed by atoms with Crippen LogP contribution in [0, 0.1) is 0 Å². The van der Waals surface area contributed by atoms with E-state index in [-0.39, 0.29) is 347 Å². The molecule has 0 amide bonds. The van der Waals surface area contributed by atoms with Gasteiger partial charge in [0.2, 0.25) is 0 Å². The maximum atomic E-state index is 0. The Morgan fingerprint density at radius 2 is 0.214 bits per heavy atom. The van der Waals surface area contributed by atoms with Gasteiger partial charge in [0.15, 0.2) is 0 Å². The number of rotatable bonds is 0. The molecule has 0 aliphatic carbocycles. The van der Waals surface area contributed by atoms with Gasteiger partial charge in [0, 0.05) is 0 Å². The molecular formula is Cl8K4Mo2. The van der Waals surface area contributed by atoms with Gasteiger partial charge >= 0.3 is 248 Å². The number of halogens is 8. The Morgan fingerprint density at radius 1 is 0.214 bits per heavy atom. The van der Waals surface area contributed by atoms with E-state index in [2.05, 4.69) is 0 Å². The molecule has 0 fully saturated rings. The first-order valence-corrected chi connectivity index (χ1v) is 0. The van der Waals surface area contributed by atoms with Gasteiger partial charge in [-0.15, -0.1) is 0 Å². The van der Waals surface area contributed by atoms with E-state index in [4.69, 9.17) is 0 Å². The summed E-state index contributed by atoms with van der Waals surface area (Å²) in [5.74, 6) is 0. The van der Waals surface area contributed by atoms with E-state index >= 15 is 0 Å². The quantitative estimate of drug-likeness (QED) is 0.233. The summed E-state index contributed by atoms with van der Waals surface area (Å²) < 4.78 is 0. The normalized spacial score (nSPS) is 0. The molecule has 0 nitrogen and oxygen atoms in total. The molecule has 14 heavy (non-hydrogen) atoms. The first kappa shape index (κ1) is 125. The summed E-state index contributed by atoms with van der Waals surface area (Å²) in [5.41, 5.74) is 0. The zero-order valence-corrected chi connectivity index (χ0v) is 30.4. The molecule has 0 bridgehead atoms. The molecule has 14 heteroatoms. The van der Waals surface area contributed by atoms with Gasteiger partial charge in [0.1, 0.15) is 0 Å². The van der Waals surface area contributed by atoms with Crippen LogP contribution in [-0.2, 0) is 42.1 Å². The van der Waals surface area contributed by atoms with Crippen LogP contribution in [0.4, 0.5) is 0 Å². The molecule has 0 N–H and O–H groups in total. The Hall–Kier alpha value is 10.2. The third kappa shape index (κ3) is 95.7. The van der Waals surface area contributed by atoms with Crippen LogP contribution < -0.4 is 305 Å². The molecule has 0 aromatic heterocycles. The SMILES string of the molecule is [Cl-].[Cl-].[Cl-].[Cl-].[Cl-].[Cl-].[Cl-].[Cl-].[K+].[K+].[K+].[K+].[Mo+2].[Mo+2]. The molecule has 0 unspecified atom stereocenters. The van der Waals surface area contributed by atoms with Gasteiger partial charge in [-0.05, 0) is 0 Å². The van der Waals surface area contributed by atoms with Crippen molar-refractivity contribution in [2.24, 2.45) is 0 Å². The summed E-state index contributed by atoms with van der Waals surface area (Å²) in [4.78, 5) is 0. The third-order valence-corrected chi connectivity index (χ3v) is 0. The van der Waals surface area contributed by atoms with Gasteiger partial charge in [0.05, 0.1) is 0 Å². The second-order valence-electron chi connectivity index (χ2n) is 0. The van der Waals surface area contributed by atoms with Crippen LogP contribution in [0.15, 0.2) is 0 Å². The third-order valence-electron chi connectivity index (χ3n) is 0. The van der Waals surface area contributed by atoms with Crippen LogP contribution >= 0.6 is 0 Å². The average Bonchev–Trinajstić information content (AvgIpc) is 0. The van der Waals surface area contributed by atoms with Crippen LogP contribution in [-0.4, -0.2) is 0 Å². The Bertz CT molecular complexity index is 19.3. The van der Waals surface area contributed by atoms with Crippen molar-refractivity contribution >= 4 is 0 Å². The fourth-order valence-corrected chi connectivity index (χ4v) is 0. The summed E-state index contributed by atoms with van der Waals surface area (Å²) in [6.45, 7) is 0. The minimum atomic E-state index is 0. The maximum Gasteiger partial charge on any atom is 2.00 e. The van der Waals surface area contributed by atoms with Gasteiger partial charge in [0.25, 0.3) is 0 Å². The van der Waals surface area contributed by atoms with Crippen molar-refractivity contribution in [2.75, 3.05) is 0 Å². The molecule has 0 atom stereocenters. The molecule has 0 saturated carbocycles. The van der Waals surface area contributed by atoms with E-state index in [0.717, 1.165) is 0 Å². The van der Waals surface area contributed by atoms with E-state index in [0.29, 0.717) is 0 Å². The minimum Gasteiger partial charge on any atom is -1.00 e. The van der Waals surface area contributed by atoms with Crippen molar-refractivity contribution in [1.29, 1.82) is 0 Å². The summed E-state index contributed by atoms with van der Waals surface area (Å²) in [6.07, 6.45) is 0. The summed E-state index contributed by atoms with van der Waals surface area (Å²) in [6, 6.07) is 0. The van der Waals surface area contributed by atoms with E-state index in [1.807, 2.05) is 0 Å². The first-order valence-electron chi connectivity index (χ1n) is 0. The Labute approximate surface area is 335 Å². The van der Waals surface area contributed by atoms with Crippen molar-refractivity contribution < 1.29 is 347 Å². The molecule has 0 aliphatic heterocycles. The molecule has 0 aromatic carbocycles. The van der Waals surface area contributed by atoms with E-state index in [1.165, 1.54) is 0 Å². The van der Waals surface area contributed by atoms with Crippen LogP contribution in [0.1, 0.15) is 0 Å². The predicted octanol–water partition coefficient (Wildman–Crippen LogP) is -36.0. The first-order chi connectivity index (χ1) is 0. The van der Waals surface area contributed by atoms with Crippen molar-refractivity contribution in [3.05, 3.63) is 0 Å². The monoisotopic (exact) mass is 631 g/mol. The standard InChI is InChI=1S/8ClH.4K.2Mo/h8*1H;;;;;;/q;;;;;;;;4*+1;2*+2/p-8. The summed E-state index contributed by atoms with van der Waals surface area (Å²) in [7, 11) is 0. The zero-order chi connectivity index (χ0) is 0. The second-order valence-corrected chi connectivity index (χ2v) is 0. The molecule has 0 aliphatic rings. The molecule has 0 spiro atoms. The zero-order valence-electron chi connectivity index (χ0n) is 7.84. The molecule has 0 saturated heterocycles. The van der Waals surface area contributed by atoms with Crippen LogP contribution in [0.25, 0.3) is 0 Å². The number of hydrogen-bond donors (Lipinski definition) is 0. The van der Waals surface area contributed by atoms with Gasteiger partial charge in [-0.1, -0.05) is 0 Å². The van der Waals surface area contributed by atoms with E-state index in [9.17, 15) is 0 Å². The van der Waals surface area contributed by atoms with E-state index in [1.54, 1.807) is 0 Å². The Kier molecular flexibility index (Phi) is 977. The van der Waals surface area contributed by atoms with Crippen molar-refractivity contribution in [3.63, 3.8) is 0 Å². The fraction of sp³-hybridized carbons (Fsp3) is 0. The molecule has 0 heterocycles. The van der Waals surface area contributed by atoms with Gasteiger partial charge in [-0.25, -0.2) is 0 Å². The fourth-order valence-electron chi connectivity index (χ4n) is 0. The van der Waals surface area contributed by atoms with E-state index < -0.39 is 0 Å². The number of hydrogen-bond acceptors (Lipinski definition) is 0. The smallest absolute Gasteiger partial charge is 1.00 e. The molecule has 0 aromatic rings. The van der Waals surface area contributed by atoms with Crippen LogP contribution in [0.3, 0.4) is 0 Å². The van der Waals surface area contributed by atoms with Crippen molar-refractivity contribution in [3.8, 4) is 0 Å². The summed E-state index contributed by atoms with van der Waals surface area (Å²) in [5, 5.41) is 0. The molecule has 72 valence electrons. The van der Waals surface area contributed by atoms with Gasteiger partial charge < -0.3 is 99.3 Å². The average molecular weight is 632 g/mol. The predicted molar refractivity (Wildman–Crippen MR) is 0 cm³/mol. The Balaban J connectivity index is 0. The largest absolute Gasteiger partial charge is 2.00 e. The molecule has 0 rings (SSSR count). The molecular weight excluding hydrogens is 632 g/mol. The van der Waals surface area contributed by atoms with Crippen molar-refractivity contribution in [1.82, 2.24) is 0 Å². The second kappa shape index (κ2) is 110. The molecule has 0 radical (unpaired) electrons.